The Bertz CT molecular complexity index is 126. The molecule has 0 N–H and O–H groups in total. The van der Waals surface area contributed by atoms with Crippen molar-refractivity contribution < 1.29 is 0 Å². The van der Waals surface area contributed by atoms with E-state index in [4.69, 9.17) is 0 Å². The van der Waals surface area contributed by atoms with Crippen LogP contribution in [0.2, 0.25) is 0 Å². The molecule has 2 aliphatic carbocycles. The molecule has 0 aromatic rings. The molecular weight excluding hydrogens is 120 g/mol. The molecule has 2 unspecified atom stereocenters. The van der Waals surface area contributed by atoms with Gasteiger partial charge in [0.25, 0.3) is 0 Å². The maximum absolute atomic E-state index is 2.43. The minimum atomic E-state index is 1.03. The van der Waals surface area contributed by atoms with Crippen LogP contribution < -0.4 is 0 Å². The van der Waals surface area contributed by atoms with Crippen LogP contribution in [-0.4, -0.2) is 0 Å². The lowest BCUT2D eigenvalue weighted by Crippen LogP contribution is -2.39. The van der Waals surface area contributed by atoms with E-state index in [0.717, 1.165) is 23.7 Å². The molecular formula is C10H18. The van der Waals surface area contributed by atoms with E-state index in [2.05, 4.69) is 13.8 Å². The molecule has 0 nitrogen and oxygen atoms in total. The van der Waals surface area contributed by atoms with Gasteiger partial charge in [0.15, 0.2) is 0 Å². The Morgan fingerprint density at radius 2 is 1.80 bits per heavy atom. The van der Waals surface area contributed by atoms with Crippen molar-refractivity contribution in [2.45, 2.75) is 39.5 Å². The first kappa shape index (κ1) is 6.69. The third kappa shape index (κ3) is 0.889. The molecule has 10 heavy (non-hydrogen) atoms. The molecule has 0 bridgehead atoms. The third-order valence-corrected chi connectivity index (χ3v) is 3.72. The molecule has 4 atom stereocenters. The monoisotopic (exact) mass is 138 g/mol. The summed E-state index contributed by atoms with van der Waals surface area (Å²) in [4.78, 5) is 0. The Balaban J connectivity index is 1.94. The van der Waals surface area contributed by atoms with Crippen LogP contribution >= 0.6 is 0 Å². The van der Waals surface area contributed by atoms with Crippen LogP contribution in [-0.2, 0) is 0 Å². The number of hydrogen-bond acceptors (Lipinski definition) is 0. The van der Waals surface area contributed by atoms with Gasteiger partial charge < -0.3 is 0 Å². The van der Waals surface area contributed by atoms with Gasteiger partial charge >= 0.3 is 0 Å². The molecule has 58 valence electrons. The topological polar surface area (TPSA) is 0 Å². The van der Waals surface area contributed by atoms with Gasteiger partial charge in [-0.3, -0.25) is 0 Å². The maximum atomic E-state index is 2.43. The van der Waals surface area contributed by atoms with Gasteiger partial charge in [-0.15, -0.1) is 0 Å². The number of hydrogen-bond donors (Lipinski definition) is 0. The van der Waals surface area contributed by atoms with Crippen molar-refractivity contribution in [3.8, 4) is 0 Å². The van der Waals surface area contributed by atoms with E-state index in [1.54, 1.807) is 0 Å². The van der Waals surface area contributed by atoms with E-state index < -0.39 is 0 Å². The maximum Gasteiger partial charge on any atom is -0.0357 e. The van der Waals surface area contributed by atoms with Crippen LogP contribution in [0.4, 0.5) is 0 Å². The molecule has 0 spiro atoms. The van der Waals surface area contributed by atoms with Gasteiger partial charge in [0.2, 0.25) is 0 Å². The largest absolute Gasteiger partial charge is 0.0625 e. The second kappa shape index (κ2) is 2.25. The summed E-state index contributed by atoms with van der Waals surface area (Å²) >= 11 is 0. The highest BCUT2D eigenvalue weighted by Crippen LogP contribution is 2.50. The Hall–Kier alpha value is 0. The zero-order valence-electron chi connectivity index (χ0n) is 7.14. The predicted molar refractivity (Wildman–Crippen MR) is 43.8 cm³/mol. The molecule has 0 heteroatoms. The zero-order chi connectivity index (χ0) is 7.14. The van der Waals surface area contributed by atoms with Gasteiger partial charge in [0.05, 0.1) is 0 Å². The van der Waals surface area contributed by atoms with Crippen molar-refractivity contribution in [1.29, 1.82) is 0 Å². The van der Waals surface area contributed by atoms with Crippen molar-refractivity contribution >= 4 is 0 Å². The summed E-state index contributed by atoms with van der Waals surface area (Å²) in [6.07, 6.45) is 6.12. The highest BCUT2D eigenvalue weighted by atomic mass is 14.5. The van der Waals surface area contributed by atoms with Crippen LogP contribution in [0.25, 0.3) is 0 Å². The molecule has 0 radical (unpaired) electrons. The van der Waals surface area contributed by atoms with Crippen LogP contribution in [0.15, 0.2) is 0 Å². The second-order valence-electron chi connectivity index (χ2n) is 4.56. The Morgan fingerprint density at radius 3 is 2.40 bits per heavy atom. The highest BCUT2D eigenvalue weighted by molar-refractivity contribution is 4.90. The summed E-state index contributed by atoms with van der Waals surface area (Å²) in [7, 11) is 0. The van der Waals surface area contributed by atoms with Gasteiger partial charge in [-0.05, 0) is 42.9 Å². The van der Waals surface area contributed by atoms with Crippen molar-refractivity contribution in [3.05, 3.63) is 0 Å². The van der Waals surface area contributed by atoms with E-state index in [1.807, 2.05) is 0 Å². The minimum absolute atomic E-state index is 1.03. The molecule has 2 rings (SSSR count). The van der Waals surface area contributed by atoms with Gasteiger partial charge in [0, 0.05) is 0 Å². The smallest absolute Gasteiger partial charge is 0.0357 e. The number of rotatable bonds is 0. The van der Waals surface area contributed by atoms with Gasteiger partial charge in [-0.25, -0.2) is 0 Å². The van der Waals surface area contributed by atoms with Crippen LogP contribution in [0, 0.1) is 23.7 Å². The standard InChI is InChI=1S/C10H18/c1-7-3-4-9-6-8(2)10(9)5-7/h7-10H,3-6H2,1-2H3/t7-,8-,9?,10?/m0/s1. The van der Waals surface area contributed by atoms with Crippen LogP contribution in [0.3, 0.4) is 0 Å². The molecule has 0 saturated heterocycles. The molecule has 2 fully saturated rings. The molecule has 0 aromatic heterocycles. The predicted octanol–water partition coefficient (Wildman–Crippen LogP) is 3.08. The van der Waals surface area contributed by atoms with Gasteiger partial charge in [0.1, 0.15) is 0 Å². The van der Waals surface area contributed by atoms with E-state index in [0.29, 0.717) is 0 Å². The molecule has 0 aliphatic heterocycles. The fourth-order valence-corrected chi connectivity index (χ4v) is 2.93. The first-order valence-corrected chi connectivity index (χ1v) is 4.77. The number of fused-ring (bicyclic) bond motifs is 1. The average Bonchev–Trinajstić information content (AvgIpc) is 1.92. The molecule has 0 amide bonds. The third-order valence-electron chi connectivity index (χ3n) is 3.72. The van der Waals surface area contributed by atoms with Gasteiger partial charge in [-0.2, -0.15) is 0 Å². The molecule has 2 aliphatic rings. The molecule has 0 heterocycles. The van der Waals surface area contributed by atoms with E-state index in [-0.39, 0.29) is 0 Å². The minimum Gasteiger partial charge on any atom is -0.0625 e. The first-order chi connectivity index (χ1) is 4.77. The summed E-state index contributed by atoms with van der Waals surface area (Å²) in [5.41, 5.74) is 0. The highest BCUT2D eigenvalue weighted by Gasteiger charge is 2.40. The van der Waals surface area contributed by atoms with Crippen molar-refractivity contribution in [2.75, 3.05) is 0 Å². The van der Waals surface area contributed by atoms with Crippen LogP contribution in [0.1, 0.15) is 39.5 Å². The van der Waals surface area contributed by atoms with Crippen molar-refractivity contribution in [2.24, 2.45) is 23.7 Å². The normalized spacial score (nSPS) is 53.4. The first-order valence-electron chi connectivity index (χ1n) is 4.77. The van der Waals surface area contributed by atoms with E-state index in [1.165, 1.54) is 25.7 Å². The fourth-order valence-electron chi connectivity index (χ4n) is 2.93. The Labute approximate surface area is 64.0 Å². The summed E-state index contributed by atoms with van der Waals surface area (Å²) in [6.45, 7) is 4.85. The zero-order valence-corrected chi connectivity index (χ0v) is 7.14. The quantitative estimate of drug-likeness (QED) is 0.482. The van der Waals surface area contributed by atoms with Crippen molar-refractivity contribution in [1.82, 2.24) is 0 Å². The van der Waals surface area contributed by atoms with Crippen molar-refractivity contribution in [3.63, 3.8) is 0 Å². The van der Waals surface area contributed by atoms with Gasteiger partial charge in [-0.1, -0.05) is 20.3 Å². The van der Waals surface area contributed by atoms with Crippen LogP contribution in [0.5, 0.6) is 0 Å². The Kier molecular flexibility index (Phi) is 1.51. The average molecular weight is 138 g/mol. The lowest BCUT2D eigenvalue weighted by Gasteiger charge is -2.48. The fraction of sp³-hybridized carbons (Fsp3) is 1.00. The van der Waals surface area contributed by atoms with E-state index in [9.17, 15) is 0 Å². The van der Waals surface area contributed by atoms with E-state index >= 15 is 0 Å². The summed E-state index contributed by atoms with van der Waals surface area (Å²) < 4.78 is 0. The Morgan fingerprint density at radius 1 is 1.00 bits per heavy atom. The lowest BCUT2D eigenvalue weighted by atomic mass is 9.57. The molecule has 0 aromatic carbocycles. The lowest BCUT2D eigenvalue weighted by molar-refractivity contribution is 0.0206. The SMILES string of the molecule is C[C@H]1CCC2C[C@H](C)C2C1. The summed E-state index contributed by atoms with van der Waals surface area (Å²) in [5, 5.41) is 0. The second-order valence-corrected chi connectivity index (χ2v) is 4.56. The molecule has 2 saturated carbocycles. The summed E-state index contributed by atoms with van der Waals surface area (Å²) in [6, 6.07) is 0. The summed E-state index contributed by atoms with van der Waals surface area (Å²) in [5.74, 6) is 4.37.